The molecular weight excluding hydrogens is 298 g/mol. The lowest BCUT2D eigenvalue weighted by atomic mass is 10.2. The van der Waals surface area contributed by atoms with Crippen LogP contribution in [0.2, 0.25) is 0 Å². The van der Waals surface area contributed by atoms with Crippen LogP contribution >= 0.6 is 11.3 Å². The predicted molar refractivity (Wildman–Crippen MR) is 88.5 cm³/mol. The van der Waals surface area contributed by atoms with Gasteiger partial charge in [-0.3, -0.25) is 5.32 Å². The normalized spacial score (nSPS) is 10.4. The van der Waals surface area contributed by atoms with E-state index in [2.05, 4.69) is 15.6 Å². The summed E-state index contributed by atoms with van der Waals surface area (Å²) in [6, 6.07) is 15.1. The van der Waals surface area contributed by atoms with Crippen LogP contribution in [0.25, 0.3) is 10.2 Å². The second-order valence-corrected chi connectivity index (χ2v) is 5.68. The number of carbonyl (C=O) groups is 1. The smallest absolute Gasteiger partial charge is 0.321 e. The molecule has 22 heavy (non-hydrogen) atoms. The number of carbonyl (C=O) groups excluding carboxylic acids is 1. The first-order valence-electron chi connectivity index (χ1n) is 6.78. The minimum absolute atomic E-state index is 0.269. The highest BCUT2D eigenvalue weighted by Gasteiger charge is 2.08. The average molecular weight is 313 g/mol. The highest BCUT2D eigenvalue weighted by molar-refractivity contribution is 7.22. The fourth-order valence-corrected chi connectivity index (χ4v) is 2.89. The van der Waals surface area contributed by atoms with Crippen LogP contribution in [0.3, 0.4) is 0 Å². The number of ether oxygens (including phenoxy) is 1. The zero-order valence-electron chi connectivity index (χ0n) is 12.0. The fraction of sp³-hybridized carbons (Fsp3) is 0.125. The van der Waals surface area contributed by atoms with E-state index in [0.717, 1.165) is 21.5 Å². The number of aromatic nitrogens is 1. The van der Waals surface area contributed by atoms with Crippen molar-refractivity contribution in [1.82, 2.24) is 10.3 Å². The summed E-state index contributed by atoms with van der Waals surface area (Å²) < 4.78 is 6.15. The van der Waals surface area contributed by atoms with Gasteiger partial charge in [-0.2, -0.15) is 0 Å². The lowest BCUT2D eigenvalue weighted by Gasteiger charge is -2.04. The third-order valence-corrected chi connectivity index (χ3v) is 4.05. The first kappa shape index (κ1) is 14.3. The number of anilines is 1. The van der Waals surface area contributed by atoms with Crippen molar-refractivity contribution in [3.05, 3.63) is 54.1 Å². The molecule has 3 rings (SSSR count). The molecule has 6 heteroatoms. The minimum Gasteiger partial charge on any atom is -0.497 e. The summed E-state index contributed by atoms with van der Waals surface area (Å²) in [5.41, 5.74) is 1.89. The number of thiazole rings is 1. The summed E-state index contributed by atoms with van der Waals surface area (Å²) in [5.74, 6) is 0.774. The number of nitrogens with zero attached hydrogens (tertiary/aromatic N) is 1. The van der Waals surface area contributed by atoms with Crippen molar-refractivity contribution >= 4 is 32.7 Å². The number of amides is 2. The van der Waals surface area contributed by atoms with Crippen LogP contribution in [-0.2, 0) is 6.54 Å². The molecule has 0 saturated carbocycles. The van der Waals surface area contributed by atoms with Crippen LogP contribution in [0.15, 0.2) is 48.5 Å². The summed E-state index contributed by atoms with van der Waals surface area (Å²) in [6.07, 6.45) is 0. The van der Waals surface area contributed by atoms with E-state index in [4.69, 9.17) is 4.74 Å². The third-order valence-electron chi connectivity index (χ3n) is 3.11. The lowest BCUT2D eigenvalue weighted by molar-refractivity contribution is 0.251. The first-order valence-corrected chi connectivity index (χ1v) is 7.59. The topological polar surface area (TPSA) is 63.2 Å². The molecule has 0 aliphatic rings. The lowest BCUT2D eigenvalue weighted by Crippen LogP contribution is -2.28. The van der Waals surface area contributed by atoms with Crippen molar-refractivity contribution < 1.29 is 9.53 Å². The zero-order chi connectivity index (χ0) is 15.4. The largest absolute Gasteiger partial charge is 0.497 e. The first-order chi connectivity index (χ1) is 10.7. The highest BCUT2D eigenvalue weighted by atomic mass is 32.1. The van der Waals surface area contributed by atoms with Crippen LogP contribution in [0.5, 0.6) is 5.75 Å². The van der Waals surface area contributed by atoms with Crippen LogP contribution in [0.1, 0.15) is 5.56 Å². The van der Waals surface area contributed by atoms with E-state index in [9.17, 15) is 4.79 Å². The van der Waals surface area contributed by atoms with Gasteiger partial charge in [0.05, 0.1) is 17.3 Å². The van der Waals surface area contributed by atoms with E-state index < -0.39 is 0 Å². The fourth-order valence-electron chi connectivity index (χ4n) is 2.00. The summed E-state index contributed by atoms with van der Waals surface area (Å²) in [6.45, 7) is 0.478. The Balaban J connectivity index is 1.63. The molecule has 2 aromatic carbocycles. The predicted octanol–water partition coefficient (Wildman–Crippen LogP) is 3.63. The Morgan fingerprint density at radius 3 is 2.82 bits per heavy atom. The van der Waals surface area contributed by atoms with Gasteiger partial charge in [0.2, 0.25) is 0 Å². The molecule has 0 bridgehead atoms. The number of rotatable bonds is 4. The minimum atomic E-state index is -0.269. The molecule has 0 unspecified atom stereocenters. The maximum atomic E-state index is 11.9. The van der Waals surface area contributed by atoms with Crippen molar-refractivity contribution in [1.29, 1.82) is 0 Å². The second kappa shape index (κ2) is 6.44. The Labute approximate surface area is 131 Å². The number of nitrogens with one attached hydrogen (secondary N) is 2. The second-order valence-electron chi connectivity index (χ2n) is 4.65. The molecule has 0 radical (unpaired) electrons. The standard InChI is InChI=1S/C16H15N3O2S/c1-21-12-7-8-13-14(9-12)22-16(18-13)19-15(20)17-10-11-5-3-2-4-6-11/h2-9H,10H2,1H3,(H2,17,18,19,20). The number of fused-ring (bicyclic) bond motifs is 1. The van der Waals surface area contributed by atoms with Gasteiger partial charge in [0.25, 0.3) is 0 Å². The zero-order valence-corrected chi connectivity index (χ0v) is 12.8. The quantitative estimate of drug-likeness (QED) is 0.773. The molecule has 5 nitrogen and oxygen atoms in total. The molecule has 0 atom stereocenters. The van der Waals surface area contributed by atoms with Crippen molar-refractivity contribution in [3.63, 3.8) is 0 Å². The van der Waals surface area contributed by atoms with E-state index in [0.29, 0.717) is 11.7 Å². The van der Waals surface area contributed by atoms with Crippen LogP contribution < -0.4 is 15.4 Å². The van der Waals surface area contributed by atoms with Crippen molar-refractivity contribution in [2.24, 2.45) is 0 Å². The van der Waals surface area contributed by atoms with E-state index in [1.54, 1.807) is 7.11 Å². The van der Waals surface area contributed by atoms with Gasteiger partial charge in [-0.05, 0) is 23.8 Å². The van der Waals surface area contributed by atoms with Gasteiger partial charge in [0.1, 0.15) is 5.75 Å². The maximum absolute atomic E-state index is 11.9. The summed E-state index contributed by atoms with van der Waals surface area (Å²) in [7, 11) is 1.62. The van der Waals surface area contributed by atoms with Crippen LogP contribution in [0, 0.1) is 0 Å². The molecule has 1 aromatic heterocycles. The average Bonchev–Trinajstić information content (AvgIpc) is 2.95. The number of methoxy groups -OCH3 is 1. The van der Waals surface area contributed by atoms with Gasteiger partial charge in [-0.25, -0.2) is 9.78 Å². The van der Waals surface area contributed by atoms with Crippen LogP contribution in [0.4, 0.5) is 9.93 Å². The van der Waals surface area contributed by atoms with Gasteiger partial charge in [0, 0.05) is 6.54 Å². The van der Waals surface area contributed by atoms with E-state index >= 15 is 0 Å². The number of urea groups is 1. The molecule has 2 amide bonds. The SMILES string of the molecule is COc1ccc2nc(NC(=O)NCc3ccccc3)sc2c1. The Morgan fingerprint density at radius 1 is 1.23 bits per heavy atom. The molecule has 0 spiro atoms. The van der Waals surface area contributed by atoms with Crippen molar-refractivity contribution in [2.75, 3.05) is 12.4 Å². The summed E-state index contributed by atoms with van der Waals surface area (Å²) in [4.78, 5) is 16.3. The number of hydrogen-bond acceptors (Lipinski definition) is 4. The Bertz CT molecular complexity index is 786. The molecule has 3 aromatic rings. The van der Waals surface area contributed by atoms with Crippen molar-refractivity contribution in [2.45, 2.75) is 6.54 Å². The van der Waals surface area contributed by atoms with Gasteiger partial charge in [-0.1, -0.05) is 41.7 Å². The van der Waals surface area contributed by atoms with Gasteiger partial charge in [0.15, 0.2) is 5.13 Å². The van der Waals surface area contributed by atoms with Crippen molar-refractivity contribution in [3.8, 4) is 5.75 Å². The molecule has 112 valence electrons. The number of hydrogen-bond donors (Lipinski definition) is 2. The molecular formula is C16H15N3O2S. The van der Waals surface area contributed by atoms with E-state index in [1.165, 1.54) is 11.3 Å². The third kappa shape index (κ3) is 3.35. The Morgan fingerprint density at radius 2 is 2.05 bits per heavy atom. The molecule has 1 heterocycles. The van der Waals surface area contributed by atoms with Gasteiger partial charge in [-0.15, -0.1) is 0 Å². The van der Waals surface area contributed by atoms with E-state index in [-0.39, 0.29) is 6.03 Å². The van der Waals surface area contributed by atoms with Gasteiger partial charge >= 0.3 is 6.03 Å². The molecule has 0 fully saturated rings. The number of benzene rings is 2. The van der Waals surface area contributed by atoms with Gasteiger partial charge < -0.3 is 10.1 Å². The summed E-state index contributed by atoms with van der Waals surface area (Å²) >= 11 is 1.41. The highest BCUT2D eigenvalue weighted by Crippen LogP contribution is 2.28. The molecule has 0 aliphatic carbocycles. The van der Waals surface area contributed by atoms with E-state index in [1.807, 2.05) is 48.5 Å². The Kier molecular flexibility index (Phi) is 4.20. The van der Waals surface area contributed by atoms with Crippen LogP contribution in [-0.4, -0.2) is 18.1 Å². The molecule has 2 N–H and O–H groups in total. The monoisotopic (exact) mass is 313 g/mol. The summed E-state index contributed by atoms with van der Waals surface area (Å²) in [5, 5.41) is 6.13. The molecule has 0 saturated heterocycles. The molecule has 0 aliphatic heterocycles. The Hall–Kier alpha value is -2.60. The maximum Gasteiger partial charge on any atom is 0.321 e.